The van der Waals surface area contributed by atoms with E-state index in [1.807, 2.05) is 0 Å². The molecule has 2 atom stereocenters. The van der Waals surface area contributed by atoms with E-state index in [1.165, 1.54) is 11.0 Å². The molecule has 1 aromatic rings. The summed E-state index contributed by atoms with van der Waals surface area (Å²) in [5.74, 6) is -0.0758. The lowest BCUT2D eigenvalue weighted by molar-refractivity contribution is -0.138. The zero-order chi connectivity index (χ0) is 21.5. The van der Waals surface area contributed by atoms with Gasteiger partial charge in [0, 0.05) is 43.3 Å². The lowest BCUT2D eigenvalue weighted by Gasteiger charge is -2.42. The molecule has 2 unspecified atom stereocenters. The van der Waals surface area contributed by atoms with Crippen molar-refractivity contribution in [2.75, 3.05) is 32.8 Å². The van der Waals surface area contributed by atoms with Crippen LogP contribution in [0.4, 0.5) is 9.18 Å². The second-order valence-electron chi connectivity index (χ2n) is 9.00. The standard InChI is InChI=1S/C22H30ClFN4O2/c1-15-5-3-6-16(2)22(15)20(29)28(21(30)25-22)14-27-11-9-26(10-12-27)13-17-18(23)7-4-8-19(17)24/h4,7-8,15-16H,3,5-6,9-14H2,1-2H3,(H,25,30). The smallest absolute Gasteiger partial charge is 0.323 e. The van der Waals surface area contributed by atoms with E-state index in [1.54, 1.807) is 12.1 Å². The quantitative estimate of drug-likeness (QED) is 0.736. The first-order valence-corrected chi connectivity index (χ1v) is 11.2. The number of rotatable bonds is 4. The van der Waals surface area contributed by atoms with Crippen molar-refractivity contribution in [3.8, 4) is 0 Å². The SMILES string of the molecule is CC1CCCC(C)C12NC(=O)N(CN1CCN(Cc3c(F)cccc3Cl)CC1)C2=O. The number of carbonyl (C=O) groups is 2. The molecule has 3 fully saturated rings. The summed E-state index contributed by atoms with van der Waals surface area (Å²) in [6, 6.07) is 4.47. The molecule has 1 saturated carbocycles. The molecule has 0 aromatic heterocycles. The highest BCUT2D eigenvalue weighted by Gasteiger charge is 2.58. The zero-order valence-corrected chi connectivity index (χ0v) is 18.4. The van der Waals surface area contributed by atoms with Gasteiger partial charge in [-0.05, 0) is 36.8 Å². The number of benzene rings is 1. The van der Waals surface area contributed by atoms with Gasteiger partial charge in [0.25, 0.3) is 5.91 Å². The minimum atomic E-state index is -0.751. The highest BCUT2D eigenvalue weighted by atomic mass is 35.5. The van der Waals surface area contributed by atoms with E-state index >= 15 is 0 Å². The number of hydrogen-bond acceptors (Lipinski definition) is 4. The van der Waals surface area contributed by atoms with Gasteiger partial charge in [-0.15, -0.1) is 0 Å². The van der Waals surface area contributed by atoms with Crippen LogP contribution in [0.2, 0.25) is 5.02 Å². The minimum Gasteiger partial charge on any atom is -0.323 e. The van der Waals surface area contributed by atoms with Crippen molar-refractivity contribution in [3.63, 3.8) is 0 Å². The first kappa shape index (κ1) is 21.5. The normalized spacial score (nSPS) is 30.9. The van der Waals surface area contributed by atoms with Crippen LogP contribution >= 0.6 is 11.6 Å². The molecule has 1 aliphatic carbocycles. The summed E-state index contributed by atoms with van der Waals surface area (Å²) in [4.78, 5) is 31.7. The van der Waals surface area contributed by atoms with Gasteiger partial charge < -0.3 is 5.32 Å². The van der Waals surface area contributed by atoms with Gasteiger partial charge in [-0.1, -0.05) is 37.9 Å². The summed E-state index contributed by atoms with van der Waals surface area (Å²) in [5.41, 5.74) is -0.234. The third-order valence-corrected chi connectivity index (χ3v) is 7.59. The molecular formula is C22H30ClFN4O2. The van der Waals surface area contributed by atoms with E-state index in [-0.39, 0.29) is 29.6 Å². The van der Waals surface area contributed by atoms with Crippen LogP contribution in [0.3, 0.4) is 0 Å². The maximum atomic E-state index is 14.1. The Labute approximate surface area is 182 Å². The first-order chi connectivity index (χ1) is 14.3. The number of nitrogens with one attached hydrogen (secondary N) is 1. The number of imide groups is 1. The average Bonchev–Trinajstić information content (AvgIpc) is 2.96. The van der Waals surface area contributed by atoms with Crippen LogP contribution in [0.5, 0.6) is 0 Å². The van der Waals surface area contributed by atoms with Crippen molar-refractivity contribution in [1.82, 2.24) is 20.0 Å². The van der Waals surface area contributed by atoms with Crippen molar-refractivity contribution in [2.45, 2.75) is 45.2 Å². The van der Waals surface area contributed by atoms with Crippen molar-refractivity contribution in [3.05, 3.63) is 34.6 Å². The Morgan fingerprint density at radius 1 is 1.10 bits per heavy atom. The fourth-order valence-corrected chi connectivity index (χ4v) is 5.50. The number of halogens is 2. The van der Waals surface area contributed by atoms with E-state index in [0.717, 1.165) is 32.4 Å². The van der Waals surface area contributed by atoms with Crippen LogP contribution in [0, 0.1) is 17.7 Å². The van der Waals surface area contributed by atoms with Gasteiger partial charge >= 0.3 is 6.03 Å². The molecule has 2 heterocycles. The topological polar surface area (TPSA) is 55.9 Å². The lowest BCUT2D eigenvalue weighted by Crippen LogP contribution is -2.59. The molecule has 6 nitrogen and oxygen atoms in total. The predicted molar refractivity (Wildman–Crippen MR) is 113 cm³/mol. The predicted octanol–water partition coefficient (Wildman–Crippen LogP) is 3.30. The summed E-state index contributed by atoms with van der Waals surface area (Å²) >= 11 is 6.15. The van der Waals surface area contributed by atoms with E-state index in [2.05, 4.69) is 29.0 Å². The van der Waals surface area contributed by atoms with Crippen molar-refractivity contribution in [2.24, 2.45) is 11.8 Å². The third kappa shape index (κ3) is 3.72. The summed E-state index contributed by atoms with van der Waals surface area (Å²) in [7, 11) is 0. The second-order valence-corrected chi connectivity index (χ2v) is 9.41. The van der Waals surface area contributed by atoms with Gasteiger partial charge in [0.1, 0.15) is 11.4 Å². The zero-order valence-electron chi connectivity index (χ0n) is 17.7. The number of nitrogens with zero attached hydrogens (tertiary/aromatic N) is 3. The molecule has 8 heteroatoms. The Morgan fingerprint density at radius 2 is 1.73 bits per heavy atom. The summed E-state index contributed by atoms with van der Waals surface area (Å²) < 4.78 is 14.1. The largest absolute Gasteiger partial charge is 0.326 e. The van der Waals surface area contributed by atoms with Crippen LogP contribution in [-0.2, 0) is 11.3 Å². The molecule has 1 aromatic carbocycles. The molecule has 0 bridgehead atoms. The molecule has 164 valence electrons. The average molecular weight is 437 g/mol. The minimum absolute atomic E-state index is 0.0761. The summed E-state index contributed by atoms with van der Waals surface area (Å²) in [6.45, 7) is 7.79. The Balaban J connectivity index is 1.36. The molecule has 1 N–H and O–H groups in total. The maximum absolute atomic E-state index is 14.1. The Bertz CT molecular complexity index is 797. The van der Waals surface area contributed by atoms with Gasteiger partial charge in [0.15, 0.2) is 0 Å². The molecule has 30 heavy (non-hydrogen) atoms. The Hall–Kier alpha value is -1.70. The van der Waals surface area contributed by atoms with E-state index in [9.17, 15) is 14.0 Å². The van der Waals surface area contributed by atoms with Crippen molar-refractivity contribution < 1.29 is 14.0 Å². The lowest BCUT2D eigenvalue weighted by atomic mass is 9.67. The molecule has 0 radical (unpaired) electrons. The van der Waals surface area contributed by atoms with Crippen LogP contribution in [0.1, 0.15) is 38.7 Å². The van der Waals surface area contributed by atoms with Gasteiger partial charge in [-0.3, -0.25) is 14.6 Å². The van der Waals surface area contributed by atoms with Crippen LogP contribution in [0.25, 0.3) is 0 Å². The van der Waals surface area contributed by atoms with Crippen molar-refractivity contribution >= 4 is 23.5 Å². The highest BCUT2D eigenvalue weighted by Crippen LogP contribution is 2.42. The Morgan fingerprint density at radius 3 is 2.37 bits per heavy atom. The fraction of sp³-hybridized carbons (Fsp3) is 0.636. The number of piperazine rings is 1. The number of urea groups is 1. The van der Waals surface area contributed by atoms with Gasteiger partial charge in [0.2, 0.25) is 0 Å². The monoisotopic (exact) mass is 436 g/mol. The van der Waals surface area contributed by atoms with Gasteiger partial charge in [-0.25, -0.2) is 14.1 Å². The molecule has 2 aliphatic heterocycles. The molecule has 3 aliphatic rings. The highest BCUT2D eigenvalue weighted by molar-refractivity contribution is 6.31. The van der Waals surface area contributed by atoms with E-state index in [0.29, 0.717) is 36.9 Å². The van der Waals surface area contributed by atoms with Gasteiger partial charge in [0.05, 0.1) is 6.67 Å². The van der Waals surface area contributed by atoms with E-state index in [4.69, 9.17) is 11.6 Å². The number of amides is 3. The summed E-state index contributed by atoms with van der Waals surface area (Å²) in [6.07, 6.45) is 3.02. The van der Waals surface area contributed by atoms with E-state index < -0.39 is 5.54 Å². The number of hydrogen-bond donors (Lipinski definition) is 1. The maximum Gasteiger partial charge on any atom is 0.326 e. The summed E-state index contributed by atoms with van der Waals surface area (Å²) in [5, 5.41) is 3.50. The molecular weight excluding hydrogens is 407 g/mol. The first-order valence-electron chi connectivity index (χ1n) is 10.8. The van der Waals surface area contributed by atoms with Crippen LogP contribution < -0.4 is 5.32 Å². The van der Waals surface area contributed by atoms with Gasteiger partial charge in [-0.2, -0.15) is 0 Å². The third-order valence-electron chi connectivity index (χ3n) is 7.24. The van der Waals surface area contributed by atoms with Crippen LogP contribution in [-0.4, -0.2) is 65.0 Å². The second kappa shape index (κ2) is 8.44. The fourth-order valence-electron chi connectivity index (χ4n) is 5.28. The number of carbonyl (C=O) groups excluding carboxylic acids is 2. The Kier molecular flexibility index (Phi) is 6.06. The molecule has 4 rings (SSSR count). The van der Waals surface area contributed by atoms with Crippen molar-refractivity contribution in [1.29, 1.82) is 0 Å². The van der Waals surface area contributed by atoms with Crippen LogP contribution in [0.15, 0.2) is 18.2 Å². The molecule has 3 amide bonds. The molecule has 2 saturated heterocycles. The molecule has 1 spiro atoms.